The van der Waals surface area contributed by atoms with Crippen molar-refractivity contribution in [2.75, 3.05) is 29.6 Å². The molecule has 4 aromatic rings. The summed E-state index contributed by atoms with van der Waals surface area (Å²) in [6.45, 7) is 3.72. The molecule has 0 saturated heterocycles. The van der Waals surface area contributed by atoms with Crippen LogP contribution < -0.4 is 15.5 Å². The van der Waals surface area contributed by atoms with Crippen molar-refractivity contribution in [3.8, 4) is 11.4 Å². The third-order valence-electron chi connectivity index (χ3n) is 5.69. The van der Waals surface area contributed by atoms with Crippen molar-refractivity contribution in [2.24, 2.45) is 0 Å². The van der Waals surface area contributed by atoms with Crippen molar-refractivity contribution in [3.63, 3.8) is 0 Å². The highest BCUT2D eigenvalue weighted by Crippen LogP contribution is 2.37. The first-order chi connectivity index (χ1) is 16.4. The van der Waals surface area contributed by atoms with Crippen molar-refractivity contribution in [1.29, 1.82) is 0 Å². The average molecular weight is 456 g/mol. The van der Waals surface area contributed by atoms with Crippen LogP contribution in [0.15, 0.2) is 76.6 Å². The summed E-state index contributed by atoms with van der Waals surface area (Å²) in [7, 11) is 3.99. The molecule has 0 spiro atoms. The Kier molecular flexibility index (Phi) is 5.37. The second-order valence-electron chi connectivity index (χ2n) is 8.36. The van der Waals surface area contributed by atoms with Crippen molar-refractivity contribution in [2.45, 2.75) is 19.9 Å². The largest absolute Gasteiger partial charge is 0.464 e. The molecule has 1 unspecified atom stereocenters. The smallest absolute Gasteiger partial charge is 0.256 e. The number of aromatic nitrogens is 4. The maximum atomic E-state index is 13.4. The molecule has 9 heteroatoms. The molecule has 1 amide bonds. The number of anilines is 3. The van der Waals surface area contributed by atoms with E-state index < -0.39 is 6.04 Å². The number of pyridine rings is 1. The average Bonchev–Trinajstić information content (AvgIpc) is 3.45. The lowest BCUT2D eigenvalue weighted by molar-refractivity contribution is -0.113. The van der Waals surface area contributed by atoms with Gasteiger partial charge in [-0.2, -0.15) is 4.98 Å². The van der Waals surface area contributed by atoms with Gasteiger partial charge in [-0.3, -0.25) is 9.78 Å². The number of hydrogen-bond donors (Lipinski definition) is 2. The van der Waals surface area contributed by atoms with Crippen LogP contribution in [-0.2, 0) is 4.79 Å². The topological polar surface area (TPSA) is 101 Å². The highest BCUT2D eigenvalue weighted by Gasteiger charge is 2.36. The lowest BCUT2D eigenvalue weighted by Crippen LogP contribution is -2.31. The fourth-order valence-electron chi connectivity index (χ4n) is 3.97. The molecule has 1 aliphatic heterocycles. The van der Waals surface area contributed by atoms with Crippen molar-refractivity contribution in [1.82, 2.24) is 19.7 Å². The molecule has 1 aliphatic rings. The van der Waals surface area contributed by atoms with Gasteiger partial charge in [0.05, 0.1) is 17.5 Å². The van der Waals surface area contributed by atoms with E-state index in [0.29, 0.717) is 34.5 Å². The minimum atomic E-state index is -0.580. The molecule has 172 valence electrons. The van der Waals surface area contributed by atoms with Crippen LogP contribution in [0.1, 0.15) is 24.5 Å². The van der Waals surface area contributed by atoms with E-state index in [4.69, 9.17) is 14.5 Å². The van der Waals surface area contributed by atoms with Crippen LogP contribution in [0.25, 0.3) is 11.4 Å². The quantitative estimate of drug-likeness (QED) is 0.464. The molecule has 3 aromatic heterocycles. The third kappa shape index (κ3) is 3.92. The molecule has 1 atom stereocenters. The van der Waals surface area contributed by atoms with Crippen LogP contribution in [0.5, 0.6) is 0 Å². The summed E-state index contributed by atoms with van der Waals surface area (Å²) >= 11 is 0. The summed E-state index contributed by atoms with van der Waals surface area (Å²) in [5.74, 6) is 2.19. The van der Waals surface area contributed by atoms with Gasteiger partial charge < -0.3 is 20.0 Å². The Morgan fingerprint density at radius 3 is 2.56 bits per heavy atom. The molecule has 0 bridgehead atoms. The first-order valence-electron chi connectivity index (χ1n) is 10.9. The fraction of sp³-hybridized carbons (Fsp3) is 0.200. The second kappa shape index (κ2) is 8.51. The van der Waals surface area contributed by atoms with Gasteiger partial charge in [-0.15, -0.1) is 5.10 Å². The number of nitrogens with zero attached hydrogens (tertiary/aromatic N) is 5. The number of furan rings is 1. The van der Waals surface area contributed by atoms with Gasteiger partial charge in [-0.05, 0) is 62.4 Å². The first kappa shape index (κ1) is 21.4. The number of carbonyl (C=O) groups is 1. The van der Waals surface area contributed by atoms with Gasteiger partial charge >= 0.3 is 0 Å². The Morgan fingerprint density at radius 2 is 1.91 bits per heavy atom. The van der Waals surface area contributed by atoms with Gasteiger partial charge in [0.2, 0.25) is 5.95 Å². The standard InChI is InChI=1S/C25H25N7O2/c1-15-7-12-20(34-15)22-21(24(33)28-18-6-5-13-26-14-18)16(2)27-25-29-23(30-32(22)25)17-8-10-19(11-9-17)31(3)4/h5-14,22H,1-4H3,(H,28,33)(H,27,29,30). The zero-order valence-corrected chi connectivity index (χ0v) is 19.4. The van der Waals surface area contributed by atoms with Crippen LogP contribution in [0, 0.1) is 6.92 Å². The van der Waals surface area contributed by atoms with E-state index in [1.54, 1.807) is 29.2 Å². The zero-order valence-electron chi connectivity index (χ0n) is 19.4. The summed E-state index contributed by atoms with van der Waals surface area (Å²) in [4.78, 5) is 24.2. The number of benzene rings is 1. The van der Waals surface area contributed by atoms with E-state index in [1.165, 1.54) is 0 Å². The van der Waals surface area contributed by atoms with E-state index in [-0.39, 0.29) is 5.91 Å². The van der Waals surface area contributed by atoms with Crippen LogP contribution in [0.4, 0.5) is 17.3 Å². The Balaban J connectivity index is 1.56. The number of hydrogen-bond acceptors (Lipinski definition) is 7. The van der Waals surface area contributed by atoms with Crippen molar-refractivity contribution >= 4 is 23.2 Å². The van der Waals surface area contributed by atoms with Gasteiger partial charge in [0.25, 0.3) is 5.91 Å². The highest BCUT2D eigenvalue weighted by atomic mass is 16.3. The molecule has 9 nitrogen and oxygen atoms in total. The van der Waals surface area contributed by atoms with Crippen molar-refractivity contribution in [3.05, 3.63) is 83.7 Å². The predicted molar refractivity (Wildman–Crippen MR) is 131 cm³/mol. The van der Waals surface area contributed by atoms with E-state index >= 15 is 0 Å². The Labute approximate surface area is 197 Å². The number of fused-ring (bicyclic) bond motifs is 1. The number of nitrogens with one attached hydrogen (secondary N) is 2. The summed E-state index contributed by atoms with van der Waals surface area (Å²) < 4.78 is 7.67. The van der Waals surface area contributed by atoms with Crippen LogP contribution in [-0.4, -0.2) is 39.8 Å². The van der Waals surface area contributed by atoms with E-state index in [1.807, 2.05) is 69.2 Å². The maximum absolute atomic E-state index is 13.4. The summed E-state index contributed by atoms with van der Waals surface area (Å²) in [5, 5.41) is 11.0. The number of allylic oxidation sites excluding steroid dienone is 1. The predicted octanol–water partition coefficient (Wildman–Crippen LogP) is 4.24. The van der Waals surface area contributed by atoms with E-state index in [9.17, 15) is 4.79 Å². The molecule has 2 N–H and O–H groups in total. The minimum absolute atomic E-state index is 0.268. The summed E-state index contributed by atoms with van der Waals surface area (Å²) in [6.07, 6.45) is 3.26. The molecule has 0 radical (unpaired) electrons. The molecule has 0 aliphatic carbocycles. The second-order valence-corrected chi connectivity index (χ2v) is 8.36. The molecule has 1 aromatic carbocycles. The first-order valence-corrected chi connectivity index (χ1v) is 10.9. The molecule has 0 saturated carbocycles. The normalized spacial score (nSPS) is 15.0. The van der Waals surface area contributed by atoms with Gasteiger partial charge in [-0.25, -0.2) is 4.68 Å². The Morgan fingerprint density at radius 1 is 1.12 bits per heavy atom. The molecular formula is C25H25N7O2. The van der Waals surface area contributed by atoms with Crippen LogP contribution in [0.2, 0.25) is 0 Å². The number of rotatable bonds is 5. The Bertz CT molecular complexity index is 1370. The van der Waals surface area contributed by atoms with E-state index in [0.717, 1.165) is 17.0 Å². The monoisotopic (exact) mass is 455 g/mol. The Hall–Kier alpha value is -4.40. The lowest BCUT2D eigenvalue weighted by atomic mass is 10.00. The number of amides is 1. The number of aryl methyl sites for hydroxylation is 1. The van der Waals surface area contributed by atoms with Crippen molar-refractivity contribution < 1.29 is 9.21 Å². The summed E-state index contributed by atoms with van der Waals surface area (Å²) in [6, 6.07) is 14.7. The molecular weight excluding hydrogens is 430 g/mol. The molecule has 0 fully saturated rings. The van der Waals surface area contributed by atoms with Crippen LogP contribution >= 0.6 is 0 Å². The van der Waals surface area contributed by atoms with Gasteiger partial charge in [0.1, 0.15) is 17.6 Å². The maximum Gasteiger partial charge on any atom is 0.256 e. The minimum Gasteiger partial charge on any atom is -0.464 e. The van der Waals surface area contributed by atoms with Gasteiger partial charge in [0, 0.05) is 37.2 Å². The third-order valence-corrected chi connectivity index (χ3v) is 5.69. The molecule has 34 heavy (non-hydrogen) atoms. The van der Waals surface area contributed by atoms with Crippen LogP contribution in [0.3, 0.4) is 0 Å². The highest BCUT2D eigenvalue weighted by molar-refractivity contribution is 6.05. The van der Waals surface area contributed by atoms with E-state index in [2.05, 4.69) is 15.6 Å². The molecule has 4 heterocycles. The summed E-state index contributed by atoms with van der Waals surface area (Å²) in [5.41, 5.74) is 3.73. The van der Waals surface area contributed by atoms with Gasteiger partial charge in [-0.1, -0.05) is 0 Å². The zero-order chi connectivity index (χ0) is 23.8. The number of carbonyl (C=O) groups excluding carboxylic acids is 1. The lowest BCUT2D eigenvalue weighted by Gasteiger charge is -2.27. The van der Waals surface area contributed by atoms with Gasteiger partial charge in [0.15, 0.2) is 5.82 Å². The molecule has 5 rings (SSSR count). The fourth-order valence-corrected chi connectivity index (χ4v) is 3.97. The SMILES string of the molecule is CC1=C(C(=O)Nc2cccnc2)C(c2ccc(C)o2)n2nc(-c3ccc(N(C)C)cc3)nc2N1.